The van der Waals surface area contributed by atoms with Crippen LogP contribution in [0.1, 0.15) is 0 Å². The van der Waals surface area contributed by atoms with Crippen LogP contribution in [0.15, 0.2) is 12.2 Å². The van der Waals surface area contributed by atoms with Crippen molar-refractivity contribution in [3.05, 3.63) is 12.2 Å². The Labute approximate surface area is 46.3 Å². The highest BCUT2D eigenvalue weighted by molar-refractivity contribution is 5.75. The number of rotatable bonds is 1. The summed E-state index contributed by atoms with van der Waals surface area (Å²) < 4.78 is 0. The SMILES string of the molecule is O=C(O)C1C=CC1O. The van der Waals surface area contributed by atoms with Gasteiger partial charge in [0, 0.05) is 0 Å². The van der Waals surface area contributed by atoms with Gasteiger partial charge >= 0.3 is 5.97 Å². The van der Waals surface area contributed by atoms with E-state index in [9.17, 15) is 4.79 Å². The van der Waals surface area contributed by atoms with Crippen molar-refractivity contribution < 1.29 is 15.0 Å². The summed E-state index contributed by atoms with van der Waals surface area (Å²) >= 11 is 0. The summed E-state index contributed by atoms with van der Waals surface area (Å²) in [5, 5.41) is 16.8. The zero-order valence-corrected chi connectivity index (χ0v) is 4.11. The Hall–Kier alpha value is -0.830. The first-order valence-corrected chi connectivity index (χ1v) is 2.31. The van der Waals surface area contributed by atoms with Crippen molar-refractivity contribution in [3.63, 3.8) is 0 Å². The summed E-state index contributed by atoms with van der Waals surface area (Å²) in [4.78, 5) is 9.98. The zero-order chi connectivity index (χ0) is 6.15. The van der Waals surface area contributed by atoms with E-state index in [1.807, 2.05) is 0 Å². The zero-order valence-electron chi connectivity index (χ0n) is 4.11. The molecule has 0 aliphatic heterocycles. The van der Waals surface area contributed by atoms with E-state index in [1.165, 1.54) is 12.2 Å². The molecule has 0 amide bonds. The highest BCUT2D eigenvalue weighted by Gasteiger charge is 2.27. The molecule has 0 bridgehead atoms. The Kier molecular flexibility index (Phi) is 1.06. The van der Waals surface area contributed by atoms with Crippen molar-refractivity contribution in [3.8, 4) is 0 Å². The molecule has 2 N–H and O–H groups in total. The van der Waals surface area contributed by atoms with Gasteiger partial charge < -0.3 is 10.2 Å². The van der Waals surface area contributed by atoms with Crippen LogP contribution in [0.25, 0.3) is 0 Å². The minimum absolute atomic E-state index is 0.657. The second kappa shape index (κ2) is 1.59. The van der Waals surface area contributed by atoms with Crippen LogP contribution in [-0.4, -0.2) is 22.3 Å². The smallest absolute Gasteiger partial charge is 0.313 e. The predicted octanol–water partition coefficient (Wildman–Crippen LogP) is -0.382. The molecule has 0 spiro atoms. The van der Waals surface area contributed by atoms with Gasteiger partial charge in [-0.3, -0.25) is 4.79 Å². The van der Waals surface area contributed by atoms with Crippen LogP contribution < -0.4 is 0 Å². The Balaban J connectivity index is 2.53. The van der Waals surface area contributed by atoms with Crippen molar-refractivity contribution in [2.24, 2.45) is 5.92 Å². The van der Waals surface area contributed by atoms with E-state index in [2.05, 4.69) is 0 Å². The minimum Gasteiger partial charge on any atom is -0.481 e. The lowest BCUT2D eigenvalue weighted by Crippen LogP contribution is -2.30. The first kappa shape index (κ1) is 5.31. The van der Waals surface area contributed by atoms with E-state index in [4.69, 9.17) is 10.2 Å². The number of carbonyl (C=O) groups is 1. The molecule has 0 saturated heterocycles. The average Bonchev–Trinajstić information content (AvgIpc) is 1.61. The maximum Gasteiger partial charge on any atom is 0.313 e. The fourth-order valence-electron chi connectivity index (χ4n) is 0.550. The molecule has 1 aliphatic carbocycles. The maximum absolute atomic E-state index is 9.98. The van der Waals surface area contributed by atoms with Gasteiger partial charge in [0.1, 0.15) is 5.92 Å². The molecule has 0 radical (unpaired) electrons. The molecule has 1 aliphatic rings. The Morgan fingerprint density at radius 3 is 2.12 bits per heavy atom. The lowest BCUT2D eigenvalue weighted by molar-refractivity contribution is -0.143. The van der Waals surface area contributed by atoms with E-state index in [0.717, 1.165) is 0 Å². The second-order valence-corrected chi connectivity index (χ2v) is 1.74. The maximum atomic E-state index is 9.98. The number of carboxylic acids is 1. The van der Waals surface area contributed by atoms with Crippen LogP contribution in [0.4, 0.5) is 0 Å². The van der Waals surface area contributed by atoms with Crippen molar-refractivity contribution in [2.45, 2.75) is 6.10 Å². The fraction of sp³-hybridized carbons (Fsp3) is 0.400. The Morgan fingerprint density at radius 1 is 1.50 bits per heavy atom. The molecule has 44 valence electrons. The summed E-state index contributed by atoms with van der Waals surface area (Å²) in [6, 6.07) is 0. The molecule has 3 heteroatoms. The number of carboxylic acid groups (broad SMARTS) is 1. The van der Waals surface area contributed by atoms with Gasteiger partial charge in [-0.15, -0.1) is 0 Å². The minimum atomic E-state index is -0.958. The van der Waals surface area contributed by atoms with Crippen LogP contribution in [0.3, 0.4) is 0 Å². The number of aliphatic hydroxyl groups excluding tert-OH is 1. The molecule has 0 aromatic carbocycles. The molecule has 0 heterocycles. The van der Waals surface area contributed by atoms with Crippen LogP contribution >= 0.6 is 0 Å². The molecule has 0 aromatic rings. The molecule has 2 atom stereocenters. The van der Waals surface area contributed by atoms with Crippen molar-refractivity contribution in [1.82, 2.24) is 0 Å². The third-order valence-corrected chi connectivity index (χ3v) is 1.17. The highest BCUT2D eigenvalue weighted by atomic mass is 16.4. The largest absolute Gasteiger partial charge is 0.481 e. The quantitative estimate of drug-likeness (QED) is 0.457. The average molecular weight is 114 g/mol. The number of hydrogen-bond donors (Lipinski definition) is 2. The van der Waals surface area contributed by atoms with Gasteiger partial charge in [0.2, 0.25) is 0 Å². The van der Waals surface area contributed by atoms with Gasteiger partial charge in [-0.1, -0.05) is 12.2 Å². The van der Waals surface area contributed by atoms with E-state index in [1.54, 1.807) is 0 Å². The summed E-state index contributed by atoms with van der Waals surface area (Å²) in [5.41, 5.74) is 0. The molecule has 2 unspecified atom stereocenters. The van der Waals surface area contributed by atoms with Gasteiger partial charge in [0.15, 0.2) is 0 Å². The molecule has 8 heavy (non-hydrogen) atoms. The lowest BCUT2D eigenvalue weighted by atomic mass is 9.92. The number of aliphatic carboxylic acids is 1. The molecular weight excluding hydrogens is 108 g/mol. The van der Waals surface area contributed by atoms with E-state index in [-0.39, 0.29) is 0 Å². The summed E-state index contributed by atoms with van der Waals surface area (Å²) in [6.45, 7) is 0. The van der Waals surface area contributed by atoms with Crippen LogP contribution in [0.5, 0.6) is 0 Å². The topological polar surface area (TPSA) is 57.5 Å². The monoisotopic (exact) mass is 114 g/mol. The van der Waals surface area contributed by atoms with Crippen LogP contribution in [-0.2, 0) is 4.79 Å². The second-order valence-electron chi connectivity index (χ2n) is 1.74. The Bertz CT molecular complexity index is 139. The lowest BCUT2D eigenvalue weighted by Gasteiger charge is -2.19. The van der Waals surface area contributed by atoms with Crippen molar-refractivity contribution in [2.75, 3.05) is 0 Å². The number of aliphatic hydroxyl groups is 1. The molecule has 0 fully saturated rings. The normalized spacial score (nSPS) is 34.1. The van der Waals surface area contributed by atoms with Crippen LogP contribution in [0, 0.1) is 5.92 Å². The Morgan fingerprint density at radius 2 is 2.12 bits per heavy atom. The molecule has 0 aromatic heterocycles. The van der Waals surface area contributed by atoms with Gasteiger partial charge in [0.25, 0.3) is 0 Å². The van der Waals surface area contributed by atoms with Gasteiger partial charge in [0.05, 0.1) is 6.10 Å². The summed E-state index contributed by atoms with van der Waals surface area (Å²) in [7, 11) is 0. The number of hydrogen-bond acceptors (Lipinski definition) is 2. The van der Waals surface area contributed by atoms with Gasteiger partial charge in [-0.25, -0.2) is 0 Å². The van der Waals surface area contributed by atoms with Crippen molar-refractivity contribution in [1.29, 1.82) is 0 Å². The third kappa shape index (κ3) is 0.607. The van der Waals surface area contributed by atoms with Crippen molar-refractivity contribution >= 4 is 5.97 Å². The van der Waals surface area contributed by atoms with Gasteiger partial charge in [-0.05, 0) is 0 Å². The van der Waals surface area contributed by atoms with Crippen LogP contribution in [0.2, 0.25) is 0 Å². The van der Waals surface area contributed by atoms with E-state index in [0.29, 0.717) is 0 Å². The predicted molar refractivity (Wildman–Crippen MR) is 26.3 cm³/mol. The fourth-order valence-corrected chi connectivity index (χ4v) is 0.550. The molecule has 1 rings (SSSR count). The summed E-state index contributed by atoms with van der Waals surface area (Å²) in [5.74, 6) is -1.62. The molecule has 0 saturated carbocycles. The van der Waals surface area contributed by atoms with E-state index < -0.39 is 18.0 Å². The first-order valence-electron chi connectivity index (χ1n) is 2.31. The third-order valence-electron chi connectivity index (χ3n) is 1.17. The highest BCUT2D eigenvalue weighted by Crippen LogP contribution is 2.16. The standard InChI is InChI=1S/C5H6O3/c6-4-2-1-3(4)5(7)8/h1-4,6H,(H,7,8). The first-order chi connectivity index (χ1) is 3.72. The molecular formula is C5H6O3. The van der Waals surface area contributed by atoms with Gasteiger partial charge in [-0.2, -0.15) is 0 Å². The summed E-state index contributed by atoms with van der Waals surface area (Å²) in [6.07, 6.45) is 2.17. The van der Waals surface area contributed by atoms with E-state index >= 15 is 0 Å². The molecule has 3 nitrogen and oxygen atoms in total.